The van der Waals surface area contributed by atoms with Gasteiger partial charge in [-0.2, -0.15) is 0 Å². The molecular weight excluding hydrogens is 518 g/mol. The fourth-order valence-electron chi connectivity index (χ4n) is 5.00. The van der Waals surface area contributed by atoms with Gasteiger partial charge in [0.25, 0.3) is 11.8 Å². The first-order valence-corrected chi connectivity index (χ1v) is 13.9. The Labute approximate surface area is 236 Å². The molecule has 6 rings (SSSR count). The summed E-state index contributed by atoms with van der Waals surface area (Å²) in [7, 11) is 0. The third-order valence-corrected chi connectivity index (χ3v) is 8.24. The number of aromatic nitrogens is 1. The molecule has 0 spiro atoms. The lowest BCUT2D eigenvalue weighted by Crippen LogP contribution is -2.45. The van der Waals surface area contributed by atoms with Crippen LogP contribution in [0.1, 0.15) is 33.5 Å². The second-order valence-corrected chi connectivity index (χ2v) is 11.1. The van der Waals surface area contributed by atoms with E-state index in [0.29, 0.717) is 11.3 Å². The average molecular weight is 546 g/mol. The molecule has 0 radical (unpaired) electrons. The predicted molar refractivity (Wildman–Crippen MR) is 158 cm³/mol. The van der Waals surface area contributed by atoms with E-state index in [-0.39, 0.29) is 24.8 Å². The third-order valence-electron chi connectivity index (χ3n) is 7.17. The number of fused-ring (bicyclic) bond motifs is 1. The van der Waals surface area contributed by atoms with Crippen LogP contribution in [0.15, 0.2) is 97.1 Å². The van der Waals surface area contributed by atoms with E-state index in [1.165, 1.54) is 15.4 Å². The first kappa shape index (κ1) is 25.6. The minimum Gasteiger partial charge on any atom is -0.322 e. The smallest absolute Gasteiger partial charge is 0.257 e. The normalized spacial score (nSPS) is 15.2. The third kappa shape index (κ3) is 4.92. The first-order valence-electron chi connectivity index (χ1n) is 13.1. The molecule has 3 amide bonds. The van der Waals surface area contributed by atoms with Crippen LogP contribution in [0.5, 0.6) is 0 Å². The molecule has 0 saturated carbocycles. The zero-order chi connectivity index (χ0) is 27.8. The van der Waals surface area contributed by atoms with Gasteiger partial charge in [0.15, 0.2) is 0 Å². The van der Waals surface area contributed by atoms with Crippen molar-refractivity contribution in [2.24, 2.45) is 0 Å². The molecule has 5 aromatic rings. The minimum absolute atomic E-state index is 0.0672. The highest BCUT2D eigenvalue weighted by atomic mass is 32.1. The lowest BCUT2D eigenvalue weighted by Gasteiger charge is -2.28. The molecule has 1 fully saturated rings. The Balaban J connectivity index is 1.28. The maximum absolute atomic E-state index is 13.7. The SMILES string of the molecule is Cc1ccc(C(=O)N(Cc2ccccc2)C2CC(=O)N(c3ccc(-c4nc5ccc(C)cc5s4)cc3)C2=O)cc1. The number of benzene rings is 4. The first-order chi connectivity index (χ1) is 19.4. The van der Waals surface area contributed by atoms with Crippen molar-refractivity contribution in [2.45, 2.75) is 32.9 Å². The van der Waals surface area contributed by atoms with Crippen molar-refractivity contribution in [3.63, 3.8) is 0 Å². The van der Waals surface area contributed by atoms with E-state index in [0.717, 1.165) is 31.9 Å². The summed E-state index contributed by atoms with van der Waals surface area (Å²) in [6.07, 6.45) is -0.0672. The summed E-state index contributed by atoms with van der Waals surface area (Å²) < 4.78 is 1.11. The van der Waals surface area contributed by atoms with Crippen molar-refractivity contribution in [3.05, 3.63) is 119 Å². The van der Waals surface area contributed by atoms with Crippen LogP contribution in [-0.4, -0.2) is 33.6 Å². The summed E-state index contributed by atoms with van der Waals surface area (Å²) in [5.41, 5.74) is 5.93. The largest absolute Gasteiger partial charge is 0.322 e. The van der Waals surface area contributed by atoms with Crippen molar-refractivity contribution in [3.8, 4) is 10.6 Å². The molecule has 7 heteroatoms. The molecule has 1 unspecified atom stereocenters. The van der Waals surface area contributed by atoms with Gasteiger partial charge < -0.3 is 4.90 Å². The van der Waals surface area contributed by atoms with E-state index in [4.69, 9.17) is 4.98 Å². The van der Waals surface area contributed by atoms with E-state index >= 15 is 0 Å². The van der Waals surface area contributed by atoms with Gasteiger partial charge in [0.05, 0.1) is 22.3 Å². The molecule has 1 aliphatic heterocycles. The van der Waals surface area contributed by atoms with Gasteiger partial charge in [-0.3, -0.25) is 14.4 Å². The average Bonchev–Trinajstić information content (AvgIpc) is 3.52. The number of carbonyl (C=O) groups excluding carboxylic acids is 3. The molecule has 1 aliphatic rings. The topological polar surface area (TPSA) is 70.6 Å². The molecule has 2 heterocycles. The standard InChI is InChI=1S/C33H27N3O3S/c1-21-8-11-25(12-9-21)32(38)35(20-23-6-4-3-5-7-23)28-19-30(37)36(33(28)39)26-15-13-24(14-16-26)31-34-27-17-10-22(2)18-29(27)40-31/h3-18,28H,19-20H2,1-2H3. The van der Waals surface area contributed by atoms with Crippen LogP contribution in [0.25, 0.3) is 20.8 Å². The molecule has 4 aromatic carbocycles. The molecule has 198 valence electrons. The maximum atomic E-state index is 13.7. The summed E-state index contributed by atoms with van der Waals surface area (Å²) in [4.78, 5) is 48.1. The maximum Gasteiger partial charge on any atom is 0.257 e. The van der Waals surface area contributed by atoms with Gasteiger partial charge in [-0.25, -0.2) is 9.88 Å². The number of carbonyl (C=O) groups is 3. The second kappa shape index (κ2) is 10.5. The number of amides is 3. The van der Waals surface area contributed by atoms with Gasteiger partial charge in [0, 0.05) is 17.7 Å². The molecule has 1 atom stereocenters. The Morgan fingerprint density at radius 3 is 2.33 bits per heavy atom. The van der Waals surface area contributed by atoms with Crippen LogP contribution in [0, 0.1) is 13.8 Å². The summed E-state index contributed by atoms with van der Waals surface area (Å²) in [6.45, 7) is 4.23. The molecular formula is C33H27N3O3S. The Morgan fingerprint density at radius 1 is 0.900 bits per heavy atom. The minimum atomic E-state index is -0.895. The molecule has 0 N–H and O–H groups in total. The van der Waals surface area contributed by atoms with Gasteiger partial charge in [0.2, 0.25) is 5.91 Å². The monoisotopic (exact) mass is 545 g/mol. The van der Waals surface area contributed by atoms with Crippen LogP contribution in [0.4, 0.5) is 5.69 Å². The Morgan fingerprint density at radius 2 is 1.60 bits per heavy atom. The number of anilines is 1. The lowest BCUT2D eigenvalue weighted by atomic mass is 10.1. The molecule has 6 nitrogen and oxygen atoms in total. The molecule has 1 saturated heterocycles. The highest BCUT2D eigenvalue weighted by Gasteiger charge is 2.44. The molecule has 1 aromatic heterocycles. The van der Waals surface area contributed by atoms with Crippen LogP contribution in [0.2, 0.25) is 0 Å². The molecule has 0 bridgehead atoms. The zero-order valence-corrected chi connectivity index (χ0v) is 23.0. The lowest BCUT2D eigenvalue weighted by molar-refractivity contribution is -0.122. The van der Waals surface area contributed by atoms with E-state index in [1.54, 1.807) is 35.6 Å². The molecule has 0 aliphatic carbocycles. The Hall–Kier alpha value is -4.62. The zero-order valence-electron chi connectivity index (χ0n) is 22.2. The van der Waals surface area contributed by atoms with Gasteiger partial charge in [0.1, 0.15) is 11.0 Å². The predicted octanol–water partition coefficient (Wildman–Crippen LogP) is 6.55. The van der Waals surface area contributed by atoms with E-state index in [9.17, 15) is 14.4 Å². The Kier molecular flexibility index (Phi) is 6.74. The van der Waals surface area contributed by atoms with Crippen LogP contribution in [-0.2, 0) is 16.1 Å². The van der Waals surface area contributed by atoms with E-state index in [2.05, 4.69) is 13.0 Å². The number of hydrogen-bond acceptors (Lipinski definition) is 5. The van der Waals surface area contributed by atoms with Crippen LogP contribution in [0.3, 0.4) is 0 Å². The number of imide groups is 1. The number of nitrogens with zero attached hydrogens (tertiary/aromatic N) is 3. The van der Waals surface area contributed by atoms with Crippen molar-refractivity contribution in [1.82, 2.24) is 9.88 Å². The van der Waals surface area contributed by atoms with Gasteiger partial charge in [-0.1, -0.05) is 54.1 Å². The number of hydrogen-bond donors (Lipinski definition) is 0. The van der Waals surface area contributed by atoms with Gasteiger partial charge in [-0.15, -0.1) is 11.3 Å². The highest BCUT2D eigenvalue weighted by Crippen LogP contribution is 2.33. The quantitative estimate of drug-likeness (QED) is 0.227. The number of rotatable bonds is 6. The molecule has 40 heavy (non-hydrogen) atoms. The van der Waals surface area contributed by atoms with E-state index < -0.39 is 11.9 Å². The summed E-state index contributed by atoms with van der Waals surface area (Å²) in [5.74, 6) is -1.00. The highest BCUT2D eigenvalue weighted by molar-refractivity contribution is 7.21. The summed E-state index contributed by atoms with van der Waals surface area (Å²) in [5, 5.41) is 0.877. The second-order valence-electron chi connectivity index (χ2n) is 10.1. The fourth-order valence-corrected chi connectivity index (χ4v) is 6.07. The van der Waals surface area contributed by atoms with Crippen LogP contribution >= 0.6 is 11.3 Å². The van der Waals surface area contributed by atoms with Crippen molar-refractivity contribution < 1.29 is 14.4 Å². The van der Waals surface area contributed by atoms with Gasteiger partial charge >= 0.3 is 0 Å². The van der Waals surface area contributed by atoms with Crippen LogP contribution < -0.4 is 4.90 Å². The van der Waals surface area contributed by atoms with Gasteiger partial charge in [-0.05, 0) is 73.5 Å². The summed E-state index contributed by atoms with van der Waals surface area (Å²) >= 11 is 1.61. The van der Waals surface area contributed by atoms with Crippen molar-refractivity contribution in [1.29, 1.82) is 0 Å². The number of aryl methyl sites for hydroxylation is 2. The van der Waals surface area contributed by atoms with Crippen molar-refractivity contribution >= 4 is 45.0 Å². The number of thiazole rings is 1. The van der Waals surface area contributed by atoms with Crippen molar-refractivity contribution in [2.75, 3.05) is 4.90 Å². The van der Waals surface area contributed by atoms with E-state index in [1.807, 2.05) is 73.7 Å². The summed E-state index contributed by atoms with van der Waals surface area (Å²) in [6, 6.07) is 29.4. The fraction of sp³-hybridized carbons (Fsp3) is 0.152. The Bertz CT molecular complexity index is 1730.